The van der Waals surface area contributed by atoms with E-state index < -0.39 is 0 Å². The van der Waals surface area contributed by atoms with Crippen LogP contribution < -0.4 is 25.3 Å². The SMILES string of the molecule is Nc1ccc(Oc2cccc(CNCC(=O)N3CCN(Cc4ccc5c(c4)OCO5)CC3)c2)nc1. The Morgan fingerprint density at radius 1 is 1.00 bits per heavy atom. The molecule has 0 atom stereocenters. The third-order valence-corrected chi connectivity index (χ3v) is 6.05. The Bertz CT molecular complexity index is 1160. The van der Waals surface area contributed by atoms with E-state index in [-0.39, 0.29) is 12.7 Å². The molecule has 1 fully saturated rings. The molecule has 182 valence electrons. The van der Waals surface area contributed by atoms with Crippen LogP contribution in [0.4, 0.5) is 5.69 Å². The van der Waals surface area contributed by atoms with E-state index in [1.54, 1.807) is 18.3 Å². The molecule has 0 aliphatic carbocycles. The van der Waals surface area contributed by atoms with Gasteiger partial charge < -0.3 is 30.2 Å². The molecule has 0 saturated carbocycles. The van der Waals surface area contributed by atoms with Crippen molar-refractivity contribution in [2.75, 3.05) is 45.3 Å². The minimum Gasteiger partial charge on any atom is -0.454 e. The van der Waals surface area contributed by atoms with Crippen molar-refractivity contribution in [2.24, 2.45) is 0 Å². The molecule has 3 aromatic rings. The molecule has 9 nitrogen and oxygen atoms in total. The van der Waals surface area contributed by atoms with Crippen molar-refractivity contribution in [1.29, 1.82) is 0 Å². The highest BCUT2D eigenvalue weighted by atomic mass is 16.7. The number of benzene rings is 2. The van der Waals surface area contributed by atoms with Gasteiger partial charge in [0.25, 0.3) is 0 Å². The van der Waals surface area contributed by atoms with Gasteiger partial charge in [0.05, 0.1) is 18.4 Å². The zero-order chi connectivity index (χ0) is 24.0. The summed E-state index contributed by atoms with van der Waals surface area (Å²) in [7, 11) is 0. The molecule has 35 heavy (non-hydrogen) atoms. The van der Waals surface area contributed by atoms with Gasteiger partial charge in [-0.1, -0.05) is 18.2 Å². The van der Waals surface area contributed by atoms with Gasteiger partial charge >= 0.3 is 0 Å². The number of carbonyl (C=O) groups excluding carboxylic acids is 1. The van der Waals surface area contributed by atoms with E-state index in [2.05, 4.69) is 21.3 Å². The smallest absolute Gasteiger partial charge is 0.236 e. The number of amides is 1. The first kappa shape index (κ1) is 22.9. The van der Waals surface area contributed by atoms with Crippen LogP contribution in [-0.4, -0.2) is 60.2 Å². The second-order valence-corrected chi connectivity index (χ2v) is 8.63. The number of hydrogen-bond donors (Lipinski definition) is 2. The van der Waals surface area contributed by atoms with Gasteiger partial charge in [0.1, 0.15) is 5.75 Å². The third kappa shape index (κ3) is 6.00. The number of nitrogens with one attached hydrogen (secondary N) is 1. The summed E-state index contributed by atoms with van der Waals surface area (Å²) in [6.07, 6.45) is 1.56. The van der Waals surface area contributed by atoms with Crippen LogP contribution in [0.15, 0.2) is 60.8 Å². The Morgan fingerprint density at radius 2 is 1.86 bits per heavy atom. The van der Waals surface area contributed by atoms with Crippen LogP contribution in [0.5, 0.6) is 23.1 Å². The molecule has 0 bridgehead atoms. The number of ether oxygens (including phenoxy) is 3. The van der Waals surface area contributed by atoms with Gasteiger partial charge in [0, 0.05) is 45.3 Å². The normalized spacial score (nSPS) is 15.3. The van der Waals surface area contributed by atoms with Crippen molar-refractivity contribution in [1.82, 2.24) is 20.1 Å². The average molecular weight is 476 g/mol. The van der Waals surface area contributed by atoms with Crippen molar-refractivity contribution in [3.05, 3.63) is 71.9 Å². The van der Waals surface area contributed by atoms with Crippen LogP contribution in [0.2, 0.25) is 0 Å². The summed E-state index contributed by atoms with van der Waals surface area (Å²) in [6, 6.07) is 17.3. The summed E-state index contributed by atoms with van der Waals surface area (Å²) in [5.41, 5.74) is 8.47. The number of piperazine rings is 1. The maximum absolute atomic E-state index is 12.7. The molecule has 0 unspecified atom stereocenters. The number of carbonyl (C=O) groups is 1. The summed E-state index contributed by atoms with van der Waals surface area (Å²) in [5, 5.41) is 3.25. The number of nitrogen functional groups attached to an aromatic ring is 1. The Morgan fingerprint density at radius 3 is 2.69 bits per heavy atom. The number of nitrogens with zero attached hydrogens (tertiary/aromatic N) is 3. The first-order valence-electron chi connectivity index (χ1n) is 11.7. The number of anilines is 1. The summed E-state index contributed by atoms with van der Waals surface area (Å²) < 4.78 is 16.6. The third-order valence-electron chi connectivity index (χ3n) is 6.05. The maximum atomic E-state index is 12.7. The van der Waals surface area contributed by atoms with Gasteiger partial charge in [-0.05, 0) is 41.5 Å². The molecule has 2 aliphatic heterocycles. The lowest BCUT2D eigenvalue weighted by Gasteiger charge is -2.34. The fourth-order valence-electron chi connectivity index (χ4n) is 4.17. The van der Waals surface area contributed by atoms with Crippen LogP contribution in [0, 0.1) is 0 Å². The highest BCUT2D eigenvalue weighted by molar-refractivity contribution is 5.78. The fraction of sp³-hybridized carbons (Fsp3) is 0.308. The molecule has 1 saturated heterocycles. The largest absolute Gasteiger partial charge is 0.454 e. The molecule has 3 N–H and O–H groups in total. The van der Waals surface area contributed by atoms with Gasteiger partial charge in [0.15, 0.2) is 11.5 Å². The number of rotatable bonds is 8. The minimum atomic E-state index is 0.117. The van der Waals surface area contributed by atoms with E-state index in [4.69, 9.17) is 19.9 Å². The van der Waals surface area contributed by atoms with E-state index in [0.29, 0.717) is 30.4 Å². The summed E-state index contributed by atoms with van der Waals surface area (Å²) in [5.74, 6) is 2.89. The van der Waals surface area contributed by atoms with Gasteiger partial charge in [0.2, 0.25) is 18.6 Å². The van der Waals surface area contributed by atoms with Crippen molar-refractivity contribution in [3.63, 3.8) is 0 Å². The van der Waals surface area contributed by atoms with Crippen molar-refractivity contribution < 1.29 is 19.0 Å². The van der Waals surface area contributed by atoms with Crippen LogP contribution in [0.25, 0.3) is 0 Å². The number of nitrogens with two attached hydrogens (primary N) is 1. The molecule has 2 aliphatic rings. The van der Waals surface area contributed by atoms with E-state index in [1.165, 1.54) is 5.56 Å². The van der Waals surface area contributed by atoms with Gasteiger partial charge in [-0.25, -0.2) is 4.98 Å². The molecule has 5 rings (SSSR count). The molecule has 0 spiro atoms. The predicted octanol–water partition coefficient (Wildman–Crippen LogP) is 2.62. The first-order valence-corrected chi connectivity index (χ1v) is 11.7. The highest BCUT2D eigenvalue weighted by Crippen LogP contribution is 2.32. The van der Waals surface area contributed by atoms with Crippen LogP contribution in [0.3, 0.4) is 0 Å². The fourth-order valence-corrected chi connectivity index (χ4v) is 4.17. The standard InChI is InChI=1S/C26H29N5O4/c27-21-5-7-25(29-15-21)35-22-3-1-2-19(12-22)14-28-16-26(32)31-10-8-30(9-11-31)17-20-4-6-23-24(13-20)34-18-33-23/h1-7,12-13,15,28H,8-11,14,16-18,27H2. The monoisotopic (exact) mass is 475 g/mol. The van der Waals surface area contributed by atoms with Crippen LogP contribution in [-0.2, 0) is 17.9 Å². The van der Waals surface area contributed by atoms with Crippen molar-refractivity contribution in [2.45, 2.75) is 13.1 Å². The summed E-state index contributed by atoms with van der Waals surface area (Å²) >= 11 is 0. The topological polar surface area (TPSA) is 102 Å². The number of pyridine rings is 1. The predicted molar refractivity (Wildman–Crippen MR) is 131 cm³/mol. The molecule has 1 aromatic heterocycles. The second-order valence-electron chi connectivity index (χ2n) is 8.63. The van der Waals surface area contributed by atoms with Gasteiger partial charge in [-0.2, -0.15) is 0 Å². The second kappa shape index (κ2) is 10.6. The van der Waals surface area contributed by atoms with Crippen LogP contribution >= 0.6 is 0 Å². The number of aromatic nitrogens is 1. The van der Waals surface area contributed by atoms with Gasteiger partial charge in [-0.3, -0.25) is 9.69 Å². The molecule has 1 amide bonds. The summed E-state index contributed by atoms with van der Waals surface area (Å²) in [4.78, 5) is 21.1. The minimum absolute atomic E-state index is 0.117. The maximum Gasteiger partial charge on any atom is 0.236 e. The Kier molecular flexibility index (Phi) is 6.97. The lowest BCUT2D eigenvalue weighted by Crippen LogP contribution is -2.50. The zero-order valence-electron chi connectivity index (χ0n) is 19.5. The summed E-state index contributed by atoms with van der Waals surface area (Å²) in [6.45, 7) is 5.13. The zero-order valence-corrected chi connectivity index (χ0v) is 19.5. The number of fused-ring (bicyclic) bond motifs is 1. The Balaban J connectivity index is 1.04. The Labute approximate surface area is 204 Å². The first-order chi connectivity index (χ1) is 17.1. The van der Waals surface area contributed by atoms with Gasteiger partial charge in [-0.15, -0.1) is 0 Å². The van der Waals surface area contributed by atoms with E-state index >= 15 is 0 Å². The molecule has 9 heteroatoms. The average Bonchev–Trinajstić information content (AvgIpc) is 3.34. The Hall–Kier alpha value is -3.82. The molecule has 3 heterocycles. The molecular formula is C26H29N5O4. The molecule has 0 radical (unpaired) electrons. The highest BCUT2D eigenvalue weighted by Gasteiger charge is 2.21. The lowest BCUT2D eigenvalue weighted by atomic mass is 10.1. The number of hydrogen-bond acceptors (Lipinski definition) is 8. The van der Waals surface area contributed by atoms with E-state index in [1.807, 2.05) is 41.3 Å². The molecule has 2 aromatic carbocycles. The van der Waals surface area contributed by atoms with Crippen molar-refractivity contribution in [3.8, 4) is 23.1 Å². The van der Waals surface area contributed by atoms with E-state index in [9.17, 15) is 4.79 Å². The van der Waals surface area contributed by atoms with E-state index in [0.717, 1.165) is 49.8 Å². The quantitative estimate of drug-likeness (QED) is 0.513. The molecular weight excluding hydrogens is 446 g/mol. The lowest BCUT2D eigenvalue weighted by molar-refractivity contribution is -0.132. The van der Waals surface area contributed by atoms with Crippen LogP contribution in [0.1, 0.15) is 11.1 Å². The van der Waals surface area contributed by atoms with Crippen molar-refractivity contribution >= 4 is 11.6 Å².